The van der Waals surface area contributed by atoms with Gasteiger partial charge in [0.1, 0.15) is 5.75 Å². The summed E-state index contributed by atoms with van der Waals surface area (Å²) in [7, 11) is 0. The zero-order valence-corrected chi connectivity index (χ0v) is 32.6. The molecule has 0 radical (unpaired) electrons. The first kappa shape index (κ1) is 35.3. The van der Waals surface area contributed by atoms with Crippen LogP contribution in [0.15, 0.2) is 206 Å². The van der Waals surface area contributed by atoms with E-state index in [2.05, 4.69) is 179 Å². The molecule has 0 saturated heterocycles. The first-order valence-corrected chi connectivity index (χ1v) is 20.4. The predicted octanol–water partition coefficient (Wildman–Crippen LogP) is 15.5. The van der Waals surface area contributed by atoms with Crippen LogP contribution < -0.4 is 9.64 Å². The van der Waals surface area contributed by atoms with Crippen LogP contribution in [0.2, 0.25) is 0 Å². The molecule has 2 aliphatic carbocycles. The summed E-state index contributed by atoms with van der Waals surface area (Å²) in [5.41, 5.74) is 14.1. The van der Waals surface area contributed by atoms with Gasteiger partial charge < -0.3 is 9.64 Å². The standard InChI is InChI=1S/C56H34F3NO/c57-56(58,59)61-39-31-26-36(27-32-39)35-24-28-37(29-25-35)60(38-30-33-44-42-14-2-1-12-40(42)41-13-3-4-15-43(41)48(44)34-38)53-23-11-22-52-54(53)47-18-7-10-21-51(47)55(52)49-19-8-5-16-45(49)46-17-6-9-20-50(46)55/h1-34H. The third-order valence-electron chi connectivity index (χ3n) is 12.8. The minimum atomic E-state index is -4.75. The molecule has 0 unspecified atom stereocenters. The molecule has 0 aromatic heterocycles. The number of rotatable bonds is 5. The molecule has 0 N–H and O–H groups in total. The Labute approximate surface area is 350 Å². The first-order valence-electron chi connectivity index (χ1n) is 20.4. The minimum absolute atomic E-state index is 0.251. The summed E-state index contributed by atoms with van der Waals surface area (Å²) in [6.45, 7) is 0. The second-order valence-electron chi connectivity index (χ2n) is 15.9. The highest BCUT2D eigenvalue weighted by atomic mass is 19.4. The molecular weight excluding hydrogens is 760 g/mol. The molecule has 10 aromatic carbocycles. The molecule has 5 heteroatoms. The number of halogens is 3. The molecule has 0 bridgehead atoms. The monoisotopic (exact) mass is 793 g/mol. The number of ether oxygens (including phenoxy) is 1. The van der Waals surface area contributed by atoms with E-state index >= 15 is 0 Å². The van der Waals surface area contributed by atoms with Gasteiger partial charge in [-0.1, -0.05) is 164 Å². The molecule has 0 amide bonds. The fraction of sp³-hybridized carbons (Fsp3) is 0.0357. The lowest BCUT2D eigenvalue weighted by Crippen LogP contribution is -2.26. The van der Waals surface area contributed by atoms with E-state index in [-0.39, 0.29) is 5.75 Å². The smallest absolute Gasteiger partial charge is 0.406 e. The highest BCUT2D eigenvalue weighted by Gasteiger charge is 2.52. The van der Waals surface area contributed by atoms with E-state index in [9.17, 15) is 13.2 Å². The van der Waals surface area contributed by atoms with E-state index in [0.29, 0.717) is 0 Å². The zero-order chi connectivity index (χ0) is 40.9. The third kappa shape index (κ3) is 5.23. The van der Waals surface area contributed by atoms with E-state index in [4.69, 9.17) is 0 Å². The van der Waals surface area contributed by atoms with Crippen molar-refractivity contribution in [3.8, 4) is 39.1 Å². The first-order chi connectivity index (χ1) is 29.9. The van der Waals surface area contributed by atoms with Crippen LogP contribution in [0.4, 0.5) is 30.2 Å². The number of benzene rings is 10. The molecule has 0 heterocycles. The fourth-order valence-electron chi connectivity index (χ4n) is 10.4. The van der Waals surface area contributed by atoms with Gasteiger partial charge in [0, 0.05) is 16.9 Å². The van der Waals surface area contributed by atoms with Crippen LogP contribution in [0.1, 0.15) is 22.3 Å². The second kappa shape index (κ2) is 13.2. The normalized spacial score (nSPS) is 13.3. The molecule has 0 aliphatic heterocycles. The maximum absolute atomic E-state index is 13.0. The van der Waals surface area contributed by atoms with Crippen molar-refractivity contribution in [3.63, 3.8) is 0 Å². The zero-order valence-electron chi connectivity index (χ0n) is 32.6. The van der Waals surface area contributed by atoms with Crippen molar-refractivity contribution in [2.24, 2.45) is 0 Å². The summed E-state index contributed by atoms with van der Waals surface area (Å²) < 4.78 is 43.0. The van der Waals surface area contributed by atoms with Gasteiger partial charge in [0.25, 0.3) is 0 Å². The molecule has 61 heavy (non-hydrogen) atoms. The number of anilines is 3. The molecule has 10 aromatic rings. The van der Waals surface area contributed by atoms with Crippen LogP contribution >= 0.6 is 0 Å². The molecule has 2 nitrogen and oxygen atoms in total. The van der Waals surface area contributed by atoms with E-state index in [1.54, 1.807) is 12.1 Å². The van der Waals surface area contributed by atoms with Crippen molar-refractivity contribution >= 4 is 49.4 Å². The SMILES string of the molecule is FC(F)(F)Oc1ccc(-c2ccc(N(c3ccc4c5ccccc5c5ccccc5c4c3)c3cccc4c3-c3ccccc3C43c4ccccc4-c4ccccc43)cc2)cc1. The number of nitrogens with zero attached hydrogens (tertiary/aromatic N) is 1. The third-order valence-corrected chi connectivity index (χ3v) is 12.8. The quantitative estimate of drug-likeness (QED) is 0.161. The summed E-state index contributed by atoms with van der Waals surface area (Å²) >= 11 is 0. The summed E-state index contributed by atoms with van der Waals surface area (Å²) in [5.74, 6) is -0.251. The molecule has 290 valence electrons. The number of hydrogen-bond acceptors (Lipinski definition) is 2. The van der Waals surface area contributed by atoms with Gasteiger partial charge in [-0.2, -0.15) is 0 Å². The maximum atomic E-state index is 13.0. The Balaban J connectivity index is 1.10. The summed E-state index contributed by atoms with van der Waals surface area (Å²) in [4.78, 5) is 2.37. The van der Waals surface area contributed by atoms with Crippen molar-refractivity contribution in [1.29, 1.82) is 0 Å². The Morgan fingerprint density at radius 3 is 1.39 bits per heavy atom. The van der Waals surface area contributed by atoms with Gasteiger partial charge in [0.05, 0.1) is 11.1 Å². The Morgan fingerprint density at radius 1 is 0.377 bits per heavy atom. The van der Waals surface area contributed by atoms with Gasteiger partial charge in [-0.05, 0) is 125 Å². The number of hydrogen-bond donors (Lipinski definition) is 0. The van der Waals surface area contributed by atoms with Gasteiger partial charge in [-0.25, -0.2) is 0 Å². The minimum Gasteiger partial charge on any atom is -0.406 e. The van der Waals surface area contributed by atoms with Crippen LogP contribution in [0.25, 0.3) is 65.7 Å². The van der Waals surface area contributed by atoms with Crippen LogP contribution in [0, 0.1) is 0 Å². The number of alkyl halides is 3. The molecule has 12 rings (SSSR count). The van der Waals surface area contributed by atoms with Crippen molar-refractivity contribution < 1.29 is 17.9 Å². The summed E-state index contributed by atoms with van der Waals surface area (Å²) in [5, 5.41) is 7.18. The molecular formula is C56H34F3NO. The van der Waals surface area contributed by atoms with E-state index in [1.807, 2.05) is 12.1 Å². The van der Waals surface area contributed by atoms with Gasteiger partial charge in [-0.3, -0.25) is 0 Å². The Kier molecular flexibility index (Phi) is 7.64. The van der Waals surface area contributed by atoms with Gasteiger partial charge in [0.15, 0.2) is 0 Å². The topological polar surface area (TPSA) is 12.5 Å². The van der Waals surface area contributed by atoms with Gasteiger partial charge in [-0.15, -0.1) is 13.2 Å². The maximum Gasteiger partial charge on any atom is 0.573 e. The van der Waals surface area contributed by atoms with E-state index in [1.165, 1.54) is 83.6 Å². The predicted molar refractivity (Wildman–Crippen MR) is 242 cm³/mol. The average molecular weight is 794 g/mol. The highest BCUT2D eigenvalue weighted by molar-refractivity contribution is 6.26. The number of fused-ring (bicyclic) bond motifs is 16. The second-order valence-corrected chi connectivity index (χ2v) is 15.9. The van der Waals surface area contributed by atoms with Crippen molar-refractivity contribution in [2.45, 2.75) is 11.8 Å². The lowest BCUT2D eigenvalue weighted by Gasteiger charge is -2.32. The summed E-state index contributed by atoms with van der Waals surface area (Å²) in [6, 6.07) is 71.7. The van der Waals surface area contributed by atoms with Gasteiger partial charge in [0.2, 0.25) is 0 Å². The Hall–Kier alpha value is -7.63. The van der Waals surface area contributed by atoms with Crippen LogP contribution in [0.3, 0.4) is 0 Å². The van der Waals surface area contributed by atoms with E-state index < -0.39 is 11.8 Å². The molecule has 0 atom stereocenters. The van der Waals surface area contributed by atoms with Crippen molar-refractivity contribution in [2.75, 3.05) is 4.90 Å². The molecule has 0 saturated carbocycles. The molecule has 2 aliphatic rings. The molecule has 1 spiro atoms. The van der Waals surface area contributed by atoms with E-state index in [0.717, 1.165) is 33.6 Å². The Bertz CT molecular complexity index is 3310. The largest absolute Gasteiger partial charge is 0.573 e. The Morgan fingerprint density at radius 2 is 0.820 bits per heavy atom. The lowest BCUT2D eigenvalue weighted by molar-refractivity contribution is -0.274. The average Bonchev–Trinajstić information content (AvgIpc) is 3.77. The van der Waals surface area contributed by atoms with Crippen LogP contribution in [-0.2, 0) is 5.41 Å². The fourth-order valence-corrected chi connectivity index (χ4v) is 10.4. The van der Waals surface area contributed by atoms with Crippen molar-refractivity contribution in [1.82, 2.24) is 0 Å². The summed E-state index contributed by atoms with van der Waals surface area (Å²) in [6.07, 6.45) is -4.75. The molecule has 0 fully saturated rings. The highest BCUT2D eigenvalue weighted by Crippen LogP contribution is 2.64. The van der Waals surface area contributed by atoms with Crippen LogP contribution in [-0.4, -0.2) is 6.36 Å². The van der Waals surface area contributed by atoms with Gasteiger partial charge >= 0.3 is 6.36 Å². The lowest BCUT2D eigenvalue weighted by atomic mass is 9.70. The van der Waals surface area contributed by atoms with Crippen LogP contribution in [0.5, 0.6) is 5.75 Å². The van der Waals surface area contributed by atoms with Crippen molar-refractivity contribution in [3.05, 3.63) is 229 Å².